The van der Waals surface area contributed by atoms with Crippen LogP contribution in [0.2, 0.25) is 0 Å². The zero-order chi connectivity index (χ0) is 24.0. The van der Waals surface area contributed by atoms with Crippen LogP contribution in [0.1, 0.15) is 72.3 Å². The molecule has 1 heterocycles. The highest BCUT2D eigenvalue weighted by atomic mass is 16.5. The molecule has 176 valence electrons. The Morgan fingerprint density at radius 3 is 2.48 bits per heavy atom. The molecule has 0 saturated heterocycles. The summed E-state index contributed by atoms with van der Waals surface area (Å²) in [6.45, 7) is 12.1. The lowest BCUT2D eigenvalue weighted by Crippen LogP contribution is -2.64. The molecule has 2 fully saturated rings. The van der Waals surface area contributed by atoms with E-state index in [1.54, 1.807) is 18.6 Å². The third-order valence-corrected chi connectivity index (χ3v) is 9.99. The molecule has 1 aromatic rings. The van der Waals surface area contributed by atoms with Crippen LogP contribution in [0, 0.1) is 33.5 Å². The van der Waals surface area contributed by atoms with Crippen molar-refractivity contribution in [3.63, 3.8) is 0 Å². The van der Waals surface area contributed by atoms with Crippen molar-refractivity contribution in [3.8, 4) is 0 Å². The molecule has 5 rings (SSSR count). The third kappa shape index (κ3) is 2.74. The molecule has 5 nitrogen and oxygen atoms in total. The SMILES string of the molecule is CC(=O)O[C@@H]1C[C@H]2C(C)(C)C(=O)C=C[C@]2(C)[C@H]2CC[C@]3(C)C(=CC(=O)[C@@H]3c3ccoc3)[C@@]21C. The summed E-state index contributed by atoms with van der Waals surface area (Å²) in [6.07, 6.45) is 11.0. The van der Waals surface area contributed by atoms with E-state index < -0.39 is 16.9 Å². The fraction of sp³-hybridized carbons (Fsp3) is 0.607. The number of rotatable bonds is 2. The molecule has 7 atom stereocenters. The summed E-state index contributed by atoms with van der Waals surface area (Å²) in [5, 5.41) is 0. The van der Waals surface area contributed by atoms with E-state index in [0.29, 0.717) is 6.42 Å². The van der Waals surface area contributed by atoms with Crippen LogP contribution in [0.3, 0.4) is 0 Å². The molecule has 0 amide bonds. The van der Waals surface area contributed by atoms with Gasteiger partial charge < -0.3 is 9.15 Å². The number of allylic oxidation sites excluding steroid dienone is 3. The molecule has 0 unspecified atom stereocenters. The molecule has 0 bridgehead atoms. The first-order chi connectivity index (χ1) is 15.4. The molecule has 0 aromatic carbocycles. The lowest BCUT2D eigenvalue weighted by atomic mass is 9.38. The second-order valence-corrected chi connectivity index (χ2v) is 11.9. The van der Waals surface area contributed by atoms with Crippen molar-refractivity contribution in [1.29, 1.82) is 0 Å². The van der Waals surface area contributed by atoms with Crippen molar-refractivity contribution < 1.29 is 23.5 Å². The summed E-state index contributed by atoms with van der Waals surface area (Å²) in [4.78, 5) is 38.6. The van der Waals surface area contributed by atoms with Gasteiger partial charge in [0.05, 0.1) is 18.4 Å². The number of hydrogen-bond acceptors (Lipinski definition) is 5. The van der Waals surface area contributed by atoms with Gasteiger partial charge in [-0.15, -0.1) is 0 Å². The van der Waals surface area contributed by atoms with Crippen LogP contribution in [-0.4, -0.2) is 23.6 Å². The van der Waals surface area contributed by atoms with Crippen molar-refractivity contribution in [2.75, 3.05) is 0 Å². The minimum atomic E-state index is -0.539. The zero-order valence-corrected chi connectivity index (χ0v) is 20.4. The normalized spacial score (nSPS) is 43.4. The number of carbonyl (C=O) groups excluding carboxylic acids is 3. The van der Waals surface area contributed by atoms with Gasteiger partial charge in [-0.25, -0.2) is 0 Å². The number of fused-ring (bicyclic) bond motifs is 5. The molecule has 0 spiro atoms. The number of furan rings is 1. The molecule has 2 saturated carbocycles. The van der Waals surface area contributed by atoms with Crippen LogP contribution in [0.5, 0.6) is 0 Å². The molecule has 0 radical (unpaired) electrons. The number of esters is 1. The lowest BCUT2D eigenvalue weighted by Gasteiger charge is -2.66. The summed E-state index contributed by atoms with van der Waals surface area (Å²) in [6, 6.07) is 1.89. The van der Waals surface area contributed by atoms with Gasteiger partial charge in [-0.3, -0.25) is 14.4 Å². The van der Waals surface area contributed by atoms with Gasteiger partial charge in [-0.1, -0.05) is 40.7 Å². The van der Waals surface area contributed by atoms with Gasteiger partial charge in [-0.2, -0.15) is 0 Å². The Kier molecular flexibility index (Phi) is 4.61. The van der Waals surface area contributed by atoms with E-state index in [0.717, 1.165) is 24.0 Å². The minimum absolute atomic E-state index is 0.0525. The van der Waals surface area contributed by atoms with E-state index in [-0.39, 0.29) is 46.1 Å². The van der Waals surface area contributed by atoms with Gasteiger partial charge in [0.2, 0.25) is 0 Å². The standard InChI is InChI=1S/C28H34O5/c1-16(29)33-23-14-20-25(2,3)22(31)8-11-26(20,4)19-7-10-27(5)21(28(19,23)6)13-18(30)24(27)17-9-12-32-15-17/h8-9,11-13,15,19-20,23-24H,7,10,14H2,1-6H3/t19-,20+,23-,24+,26-,27-,28-/m1/s1. The monoisotopic (exact) mass is 450 g/mol. The van der Waals surface area contributed by atoms with E-state index in [1.165, 1.54) is 6.92 Å². The molecule has 0 aliphatic heterocycles. The fourth-order valence-electron chi connectivity index (χ4n) is 8.44. The Balaban J connectivity index is 1.68. The predicted octanol–water partition coefficient (Wildman–Crippen LogP) is 5.42. The van der Waals surface area contributed by atoms with Gasteiger partial charge in [-0.05, 0) is 60.3 Å². The van der Waals surface area contributed by atoms with Crippen molar-refractivity contribution >= 4 is 17.5 Å². The maximum absolute atomic E-state index is 13.4. The highest BCUT2D eigenvalue weighted by Crippen LogP contribution is 2.72. The van der Waals surface area contributed by atoms with E-state index in [1.807, 2.05) is 26.0 Å². The summed E-state index contributed by atoms with van der Waals surface area (Å²) in [7, 11) is 0. The smallest absolute Gasteiger partial charge is 0.302 e. The average molecular weight is 451 g/mol. The Morgan fingerprint density at radius 1 is 1.12 bits per heavy atom. The number of ketones is 2. The average Bonchev–Trinajstić information content (AvgIpc) is 3.32. The first kappa shape index (κ1) is 22.4. The Morgan fingerprint density at radius 2 is 1.85 bits per heavy atom. The van der Waals surface area contributed by atoms with E-state index in [4.69, 9.17) is 9.15 Å². The predicted molar refractivity (Wildman–Crippen MR) is 123 cm³/mol. The van der Waals surface area contributed by atoms with Crippen molar-refractivity contribution in [1.82, 2.24) is 0 Å². The zero-order valence-electron chi connectivity index (χ0n) is 20.4. The molecule has 4 aliphatic rings. The number of ether oxygens (including phenoxy) is 1. The van der Waals surface area contributed by atoms with Gasteiger partial charge >= 0.3 is 5.97 Å². The molecular formula is C28H34O5. The second kappa shape index (κ2) is 6.80. The van der Waals surface area contributed by atoms with E-state index in [2.05, 4.69) is 26.8 Å². The first-order valence-corrected chi connectivity index (χ1v) is 12.1. The highest BCUT2D eigenvalue weighted by molar-refractivity contribution is 6.01. The van der Waals surface area contributed by atoms with Crippen LogP contribution in [0.15, 0.2) is 46.8 Å². The quantitative estimate of drug-likeness (QED) is 0.563. The molecule has 5 heteroatoms. The maximum Gasteiger partial charge on any atom is 0.302 e. The number of carbonyl (C=O) groups is 3. The highest BCUT2D eigenvalue weighted by Gasteiger charge is 2.69. The van der Waals surface area contributed by atoms with Gasteiger partial charge in [0, 0.05) is 28.7 Å². The Labute approximate surface area is 195 Å². The fourth-order valence-corrected chi connectivity index (χ4v) is 8.44. The molecule has 33 heavy (non-hydrogen) atoms. The van der Waals surface area contributed by atoms with Crippen molar-refractivity contribution in [2.24, 2.45) is 33.5 Å². The van der Waals surface area contributed by atoms with Crippen LogP contribution in [0.4, 0.5) is 0 Å². The molecule has 4 aliphatic carbocycles. The van der Waals surface area contributed by atoms with E-state index in [9.17, 15) is 14.4 Å². The van der Waals surface area contributed by atoms with Crippen molar-refractivity contribution in [2.45, 2.75) is 72.8 Å². The Hall–Kier alpha value is -2.43. The largest absolute Gasteiger partial charge is 0.472 e. The molecule has 1 aromatic heterocycles. The summed E-state index contributed by atoms with van der Waals surface area (Å²) < 4.78 is 11.4. The number of hydrogen-bond donors (Lipinski definition) is 0. The maximum atomic E-state index is 13.4. The summed E-state index contributed by atoms with van der Waals surface area (Å²) >= 11 is 0. The Bertz CT molecular complexity index is 1090. The van der Waals surface area contributed by atoms with Gasteiger partial charge in [0.15, 0.2) is 11.6 Å². The topological polar surface area (TPSA) is 73.6 Å². The van der Waals surface area contributed by atoms with Crippen LogP contribution >= 0.6 is 0 Å². The van der Waals surface area contributed by atoms with Gasteiger partial charge in [0.1, 0.15) is 6.10 Å². The van der Waals surface area contributed by atoms with Crippen LogP contribution < -0.4 is 0 Å². The van der Waals surface area contributed by atoms with Gasteiger partial charge in [0.25, 0.3) is 0 Å². The third-order valence-electron chi connectivity index (χ3n) is 9.99. The summed E-state index contributed by atoms with van der Waals surface area (Å²) in [5.41, 5.74) is 0.363. The molecular weight excluding hydrogens is 416 g/mol. The van der Waals surface area contributed by atoms with Crippen molar-refractivity contribution in [3.05, 3.63) is 48.0 Å². The van der Waals surface area contributed by atoms with Crippen LogP contribution in [0.25, 0.3) is 0 Å². The minimum Gasteiger partial charge on any atom is -0.472 e. The summed E-state index contributed by atoms with van der Waals surface area (Å²) in [5.74, 6) is -0.177. The van der Waals surface area contributed by atoms with Crippen LogP contribution in [-0.2, 0) is 19.1 Å². The first-order valence-electron chi connectivity index (χ1n) is 12.1. The lowest BCUT2D eigenvalue weighted by molar-refractivity contribution is -0.187. The molecule has 0 N–H and O–H groups in total. The second-order valence-electron chi connectivity index (χ2n) is 11.9. The van der Waals surface area contributed by atoms with E-state index >= 15 is 0 Å².